The van der Waals surface area contributed by atoms with E-state index in [9.17, 15) is 13.2 Å². The van der Waals surface area contributed by atoms with Crippen LogP contribution in [0.25, 0.3) is 0 Å². The third-order valence-electron chi connectivity index (χ3n) is 3.49. The van der Waals surface area contributed by atoms with Crippen LogP contribution >= 0.6 is 0 Å². The predicted molar refractivity (Wildman–Crippen MR) is 84.3 cm³/mol. The van der Waals surface area contributed by atoms with Crippen LogP contribution in [0.4, 0.5) is 5.69 Å². The van der Waals surface area contributed by atoms with Crippen LogP contribution < -0.4 is 10.6 Å². The van der Waals surface area contributed by atoms with Crippen LogP contribution in [0.1, 0.15) is 30.6 Å². The van der Waals surface area contributed by atoms with E-state index in [0.29, 0.717) is 18.5 Å². The molecule has 0 aliphatic carbocycles. The van der Waals surface area contributed by atoms with Crippen molar-refractivity contribution in [3.05, 3.63) is 29.8 Å². The molecule has 1 aromatic carbocycles. The van der Waals surface area contributed by atoms with E-state index in [4.69, 9.17) is 0 Å². The van der Waals surface area contributed by atoms with Crippen LogP contribution in [-0.2, 0) is 9.84 Å². The van der Waals surface area contributed by atoms with Crippen molar-refractivity contribution in [1.82, 2.24) is 5.32 Å². The van der Waals surface area contributed by atoms with Crippen LogP contribution in [0.2, 0.25) is 0 Å². The first-order valence-electron chi connectivity index (χ1n) is 7.21. The van der Waals surface area contributed by atoms with Gasteiger partial charge in [0, 0.05) is 18.3 Å². The normalized spacial score (nSPS) is 20.4. The molecule has 0 spiro atoms. The van der Waals surface area contributed by atoms with E-state index in [2.05, 4.69) is 10.6 Å². The number of rotatable bonds is 5. The molecule has 0 radical (unpaired) electrons. The van der Waals surface area contributed by atoms with Crippen molar-refractivity contribution < 1.29 is 13.2 Å². The maximum absolute atomic E-state index is 12.3. The Labute approximate surface area is 126 Å². The number of para-hydroxylation sites is 1. The largest absolute Gasteiger partial charge is 0.382 e. The number of amides is 1. The summed E-state index contributed by atoms with van der Waals surface area (Å²) in [5.74, 6) is 0.283. The maximum Gasteiger partial charge on any atom is 0.253 e. The average Bonchev–Trinajstić information content (AvgIpc) is 2.75. The first kappa shape index (κ1) is 15.8. The fraction of sp³-hybridized carbons (Fsp3) is 0.533. The molecule has 6 heteroatoms. The van der Waals surface area contributed by atoms with E-state index in [1.807, 2.05) is 32.0 Å². The van der Waals surface area contributed by atoms with E-state index in [1.54, 1.807) is 6.07 Å². The van der Waals surface area contributed by atoms with Gasteiger partial charge in [0.2, 0.25) is 0 Å². The lowest BCUT2D eigenvalue weighted by Gasteiger charge is -2.15. The first-order valence-corrected chi connectivity index (χ1v) is 9.04. The second-order valence-corrected chi connectivity index (χ2v) is 8.05. The van der Waals surface area contributed by atoms with E-state index in [1.165, 1.54) is 0 Å². The molecule has 2 N–H and O–H groups in total. The fourth-order valence-electron chi connectivity index (χ4n) is 2.48. The van der Waals surface area contributed by atoms with Gasteiger partial charge in [0.1, 0.15) is 0 Å². The summed E-state index contributed by atoms with van der Waals surface area (Å²) < 4.78 is 22.8. The molecule has 0 saturated carbocycles. The molecule has 2 rings (SSSR count). The zero-order valence-corrected chi connectivity index (χ0v) is 13.2. The molecule has 1 aliphatic rings. The van der Waals surface area contributed by atoms with Crippen LogP contribution in [0, 0.1) is 5.92 Å². The highest BCUT2D eigenvalue weighted by Crippen LogP contribution is 2.19. The molecule has 1 heterocycles. The molecule has 1 amide bonds. The number of nitrogens with one attached hydrogen (secondary N) is 2. The van der Waals surface area contributed by atoms with Crippen LogP contribution in [0.15, 0.2) is 24.3 Å². The predicted octanol–water partition coefficient (Wildman–Crippen LogP) is 1.67. The minimum absolute atomic E-state index is 0.0316. The van der Waals surface area contributed by atoms with Gasteiger partial charge < -0.3 is 10.6 Å². The summed E-state index contributed by atoms with van der Waals surface area (Å²) in [6.45, 7) is 4.43. The number of anilines is 1. The Balaban J connectivity index is 1.98. The molecule has 1 atom stereocenters. The lowest BCUT2D eigenvalue weighted by Crippen LogP contribution is -2.30. The third kappa shape index (κ3) is 4.46. The number of sulfone groups is 1. The molecular formula is C15H22N2O3S. The number of hydrogen-bond donors (Lipinski definition) is 2. The number of carbonyl (C=O) groups is 1. The zero-order chi connectivity index (χ0) is 15.5. The van der Waals surface area contributed by atoms with Crippen LogP contribution in [-0.4, -0.2) is 38.4 Å². The molecular weight excluding hydrogens is 288 g/mol. The van der Waals surface area contributed by atoms with Crippen molar-refractivity contribution >= 4 is 21.4 Å². The summed E-state index contributed by atoms with van der Waals surface area (Å²) in [4.78, 5) is 12.3. The van der Waals surface area contributed by atoms with Gasteiger partial charge in [0.25, 0.3) is 5.91 Å². The van der Waals surface area contributed by atoms with Crippen molar-refractivity contribution in [2.75, 3.05) is 23.4 Å². The third-order valence-corrected chi connectivity index (χ3v) is 5.33. The van der Waals surface area contributed by atoms with Crippen LogP contribution in [0.3, 0.4) is 0 Å². The van der Waals surface area contributed by atoms with Crippen molar-refractivity contribution in [2.45, 2.75) is 26.3 Å². The van der Waals surface area contributed by atoms with E-state index in [0.717, 1.165) is 5.69 Å². The topological polar surface area (TPSA) is 75.3 Å². The van der Waals surface area contributed by atoms with Gasteiger partial charge in [0.15, 0.2) is 9.84 Å². The van der Waals surface area contributed by atoms with Crippen molar-refractivity contribution in [1.29, 1.82) is 0 Å². The molecule has 0 aromatic heterocycles. The lowest BCUT2D eigenvalue weighted by molar-refractivity contribution is 0.0949. The van der Waals surface area contributed by atoms with Gasteiger partial charge in [-0.05, 0) is 38.3 Å². The molecule has 1 unspecified atom stereocenters. The molecule has 21 heavy (non-hydrogen) atoms. The highest BCUT2D eigenvalue weighted by Gasteiger charge is 2.28. The average molecular weight is 310 g/mol. The van der Waals surface area contributed by atoms with Gasteiger partial charge >= 0.3 is 0 Å². The first-order chi connectivity index (χ1) is 9.87. The summed E-state index contributed by atoms with van der Waals surface area (Å²) >= 11 is 0. The second kappa shape index (κ2) is 6.47. The van der Waals surface area contributed by atoms with Gasteiger partial charge in [-0.25, -0.2) is 8.42 Å². The summed E-state index contributed by atoms with van der Waals surface area (Å²) in [6, 6.07) is 7.57. The molecule has 1 fully saturated rings. The Kier molecular flexibility index (Phi) is 4.88. The highest BCUT2D eigenvalue weighted by atomic mass is 32.2. The van der Waals surface area contributed by atoms with Crippen molar-refractivity contribution in [3.63, 3.8) is 0 Å². The smallest absolute Gasteiger partial charge is 0.253 e. The number of hydrogen-bond acceptors (Lipinski definition) is 4. The Morgan fingerprint density at radius 2 is 2.05 bits per heavy atom. The van der Waals surface area contributed by atoms with E-state index >= 15 is 0 Å². The fourth-order valence-corrected chi connectivity index (χ4v) is 4.35. The standard InChI is InChI=1S/C15H22N2O3S/c1-11(2)17-14-6-4-3-5-13(14)15(18)16-9-12-7-8-21(19,20)10-12/h3-6,11-12,17H,7-10H2,1-2H3,(H,16,18). The van der Waals surface area contributed by atoms with Gasteiger partial charge in [-0.15, -0.1) is 0 Å². The monoisotopic (exact) mass is 310 g/mol. The molecule has 5 nitrogen and oxygen atoms in total. The quantitative estimate of drug-likeness (QED) is 0.867. The number of carbonyl (C=O) groups excluding carboxylic acids is 1. The summed E-state index contributed by atoms with van der Waals surface area (Å²) in [7, 11) is -2.90. The van der Waals surface area contributed by atoms with Crippen molar-refractivity contribution in [3.8, 4) is 0 Å². The molecule has 0 bridgehead atoms. The van der Waals surface area contributed by atoms with Crippen LogP contribution in [0.5, 0.6) is 0 Å². The zero-order valence-electron chi connectivity index (χ0n) is 12.4. The second-order valence-electron chi connectivity index (χ2n) is 5.82. The minimum atomic E-state index is -2.90. The summed E-state index contributed by atoms with van der Waals surface area (Å²) in [5.41, 5.74) is 1.39. The summed E-state index contributed by atoms with van der Waals surface area (Å²) in [5, 5.41) is 6.09. The maximum atomic E-state index is 12.3. The van der Waals surface area contributed by atoms with E-state index < -0.39 is 9.84 Å². The highest BCUT2D eigenvalue weighted by molar-refractivity contribution is 7.91. The Morgan fingerprint density at radius 1 is 1.33 bits per heavy atom. The lowest BCUT2D eigenvalue weighted by atomic mass is 10.1. The molecule has 1 aromatic rings. The Hall–Kier alpha value is -1.56. The molecule has 116 valence electrons. The van der Waals surface area contributed by atoms with Gasteiger partial charge in [-0.1, -0.05) is 12.1 Å². The Morgan fingerprint density at radius 3 is 2.67 bits per heavy atom. The van der Waals surface area contributed by atoms with Gasteiger partial charge in [-0.3, -0.25) is 4.79 Å². The minimum Gasteiger partial charge on any atom is -0.382 e. The number of benzene rings is 1. The molecule has 1 saturated heterocycles. The van der Waals surface area contributed by atoms with E-state index in [-0.39, 0.29) is 29.4 Å². The summed E-state index contributed by atoms with van der Waals surface area (Å²) in [6.07, 6.45) is 0.633. The van der Waals surface area contributed by atoms with Crippen molar-refractivity contribution in [2.24, 2.45) is 5.92 Å². The molecule has 1 aliphatic heterocycles. The Bertz CT molecular complexity index is 611. The van der Waals surface area contributed by atoms with Gasteiger partial charge in [0.05, 0.1) is 17.1 Å². The van der Waals surface area contributed by atoms with Gasteiger partial charge in [-0.2, -0.15) is 0 Å². The SMILES string of the molecule is CC(C)Nc1ccccc1C(=O)NCC1CCS(=O)(=O)C1.